The lowest BCUT2D eigenvalue weighted by molar-refractivity contribution is -0.140. The van der Waals surface area contributed by atoms with Crippen molar-refractivity contribution in [3.8, 4) is 22.6 Å². The van der Waals surface area contributed by atoms with E-state index in [2.05, 4.69) is 46.3 Å². The summed E-state index contributed by atoms with van der Waals surface area (Å²) in [5.41, 5.74) is 4.95. The highest BCUT2D eigenvalue weighted by atomic mass is 19.4. The molecule has 0 radical (unpaired) electrons. The summed E-state index contributed by atoms with van der Waals surface area (Å²) in [5.74, 6) is 1.54. The van der Waals surface area contributed by atoms with Crippen LogP contribution in [0.5, 0.6) is 0 Å². The second kappa shape index (κ2) is 8.80. The Balaban J connectivity index is 1.49. The minimum absolute atomic E-state index is 0.0472. The van der Waals surface area contributed by atoms with Crippen molar-refractivity contribution in [1.29, 1.82) is 0 Å². The van der Waals surface area contributed by atoms with E-state index in [1.807, 2.05) is 43.5 Å². The summed E-state index contributed by atoms with van der Waals surface area (Å²) in [7, 11) is 1.58. The fraction of sp³-hybridized carbons (Fsp3) is 0.370. The van der Waals surface area contributed by atoms with Crippen LogP contribution in [0.3, 0.4) is 0 Å². The first-order valence-electron chi connectivity index (χ1n) is 12.1. The first-order chi connectivity index (χ1) is 17.1. The predicted octanol–water partition coefficient (Wildman–Crippen LogP) is 6.38. The summed E-state index contributed by atoms with van der Waals surface area (Å²) in [5, 5.41) is 0. The highest BCUT2D eigenvalue weighted by Gasteiger charge is 2.35. The second-order valence-corrected chi connectivity index (χ2v) is 9.61. The normalized spacial score (nSPS) is 16.0. The van der Waals surface area contributed by atoms with Gasteiger partial charge in [0, 0.05) is 49.3 Å². The number of hydrogen-bond acceptors (Lipinski definition) is 4. The molecule has 3 aromatic heterocycles. The number of rotatable bonds is 4. The molecule has 188 valence electrons. The van der Waals surface area contributed by atoms with Crippen LogP contribution in [0, 0.1) is 6.92 Å². The number of alkyl halides is 3. The number of aromatic nitrogens is 5. The fourth-order valence-electron chi connectivity index (χ4n) is 5.14. The lowest BCUT2D eigenvalue weighted by Gasteiger charge is -2.37. The lowest BCUT2D eigenvalue weighted by atomic mass is 9.97. The molecule has 6 nitrogen and oxygen atoms in total. The molecule has 0 saturated carbocycles. The van der Waals surface area contributed by atoms with Crippen LogP contribution in [0.4, 0.5) is 18.9 Å². The summed E-state index contributed by atoms with van der Waals surface area (Å²) >= 11 is 0. The average molecular weight is 495 g/mol. The van der Waals surface area contributed by atoms with Crippen LogP contribution in [-0.2, 0) is 19.8 Å². The monoisotopic (exact) mass is 494 g/mol. The molecule has 0 amide bonds. The molecule has 0 N–H and O–H groups in total. The van der Waals surface area contributed by atoms with E-state index in [-0.39, 0.29) is 17.8 Å². The van der Waals surface area contributed by atoms with Crippen LogP contribution in [0.15, 0.2) is 48.8 Å². The van der Waals surface area contributed by atoms with Crippen molar-refractivity contribution in [3.05, 3.63) is 71.7 Å². The van der Waals surface area contributed by atoms with Crippen molar-refractivity contribution in [2.24, 2.45) is 7.05 Å². The first kappa shape index (κ1) is 24.1. The molecule has 0 spiro atoms. The Labute approximate surface area is 208 Å². The maximum absolute atomic E-state index is 13.1. The Morgan fingerprint density at radius 3 is 2.39 bits per heavy atom. The third-order valence-corrected chi connectivity index (χ3v) is 6.89. The van der Waals surface area contributed by atoms with Crippen molar-refractivity contribution < 1.29 is 13.2 Å². The molecule has 0 bridgehead atoms. The summed E-state index contributed by atoms with van der Waals surface area (Å²) < 4.78 is 43.0. The van der Waals surface area contributed by atoms with E-state index in [1.54, 1.807) is 7.05 Å². The number of anilines is 1. The Morgan fingerprint density at radius 2 is 1.75 bits per heavy atom. The molecule has 0 fully saturated rings. The minimum atomic E-state index is -4.47. The maximum Gasteiger partial charge on any atom is 0.434 e. The lowest BCUT2D eigenvalue weighted by Crippen LogP contribution is -2.37. The van der Waals surface area contributed by atoms with Gasteiger partial charge in [0.25, 0.3) is 0 Å². The number of hydrogen-bond donors (Lipinski definition) is 0. The molecule has 1 aliphatic heterocycles. The fourth-order valence-corrected chi connectivity index (χ4v) is 5.14. The van der Waals surface area contributed by atoms with Crippen LogP contribution in [0.2, 0.25) is 0 Å². The van der Waals surface area contributed by atoms with Gasteiger partial charge < -0.3 is 14.0 Å². The second-order valence-electron chi connectivity index (χ2n) is 9.61. The van der Waals surface area contributed by atoms with Gasteiger partial charge in [-0.05, 0) is 56.2 Å². The summed E-state index contributed by atoms with van der Waals surface area (Å²) in [6.45, 7) is 10.1. The van der Waals surface area contributed by atoms with Gasteiger partial charge in [-0.15, -0.1) is 0 Å². The van der Waals surface area contributed by atoms with Gasteiger partial charge in [0.2, 0.25) is 0 Å². The molecular formula is C27H29F3N6. The number of pyridine rings is 1. The minimum Gasteiger partial charge on any atom is -0.361 e. The molecule has 36 heavy (non-hydrogen) atoms. The van der Waals surface area contributed by atoms with Gasteiger partial charge in [-0.1, -0.05) is 13.8 Å². The van der Waals surface area contributed by atoms with Gasteiger partial charge in [-0.25, -0.2) is 9.97 Å². The molecule has 5 rings (SSSR count). The number of imidazole rings is 2. The van der Waals surface area contributed by atoms with Gasteiger partial charge in [-0.2, -0.15) is 13.2 Å². The summed E-state index contributed by atoms with van der Waals surface area (Å²) in [4.78, 5) is 15.7. The third kappa shape index (κ3) is 4.06. The van der Waals surface area contributed by atoms with Gasteiger partial charge in [-0.3, -0.25) is 4.98 Å². The number of nitrogens with zero attached hydrogens (tertiary/aromatic N) is 6. The molecule has 1 aromatic carbocycles. The van der Waals surface area contributed by atoms with E-state index in [0.717, 1.165) is 53.4 Å². The number of aryl methyl sites for hydroxylation is 2. The Hall–Kier alpha value is -3.62. The van der Waals surface area contributed by atoms with Crippen LogP contribution in [0.25, 0.3) is 22.6 Å². The summed E-state index contributed by atoms with van der Waals surface area (Å²) in [6, 6.07) is 11.7. The van der Waals surface area contributed by atoms with E-state index in [4.69, 9.17) is 4.98 Å². The van der Waals surface area contributed by atoms with Crippen molar-refractivity contribution in [2.75, 3.05) is 11.4 Å². The first-order valence-corrected chi connectivity index (χ1v) is 12.1. The van der Waals surface area contributed by atoms with Crippen molar-refractivity contribution in [2.45, 2.75) is 52.4 Å². The van der Waals surface area contributed by atoms with E-state index in [1.165, 1.54) is 4.57 Å². The van der Waals surface area contributed by atoms with Crippen LogP contribution in [0.1, 0.15) is 55.6 Å². The number of fused-ring (bicyclic) bond motifs is 1. The molecule has 4 aromatic rings. The van der Waals surface area contributed by atoms with Crippen molar-refractivity contribution >= 4 is 5.69 Å². The van der Waals surface area contributed by atoms with E-state index >= 15 is 0 Å². The molecule has 1 atom stereocenters. The largest absolute Gasteiger partial charge is 0.434 e. The van der Waals surface area contributed by atoms with Gasteiger partial charge in [0.1, 0.15) is 11.6 Å². The van der Waals surface area contributed by atoms with Gasteiger partial charge in [0.05, 0.1) is 23.1 Å². The van der Waals surface area contributed by atoms with Gasteiger partial charge >= 0.3 is 6.18 Å². The molecular weight excluding hydrogens is 465 g/mol. The average Bonchev–Trinajstić information content (AvgIpc) is 3.40. The SMILES string of the molecule is Cc1nc(-c2cccnc2C(C)C)c2n1CCN(c1ccc(-c3nc(C(F)(F)F)cn3C)cc1)[C@@H]2C. The van der Waals surface area contributed by atoms with Crippen molar-refractivity contribution in [3.63, 3.8) is 0 Å². The Kier molecular flexibility index (Phi) is 5.89. The van der Waals surface area contributed by atoms with E-state index in [0.29, 0.717) is 5.56 Å². The zero-order valence-electron chi connectivity index (χ0n) is 21.0. The summed E-state index contributed by atoms with van der Waals surface area (Å²) in [6.07, 6.45) is -1.63. The van der Waals surface area contributed by atoms with E-state index in [9.17, 15) is 13.2 Å². The highest BCUT2D eigenvalue weighted by Crippen LogP contribution is 2.39. The van der Waals surface area contributed by atoms with Gasteiger partial charge in [0.15, 0.2) is 5.69 Å². The molecule has 0 aliphatic carbocycles. The highest BCUT2D eigenvalue weighted by molar-refractivity contribution is 5.68. The third-order valence-electron chi connectivity index (χ3n) is 6.89. The van der Waals surface area contributed by atoms with E-state index < -0.39 is 11.9 Å². The predicted molar refractivity (Wildman–Crippen MR) is 134 cm³/mol. The Bertz CT molecular complexity index is 1400. The maximum atomic E-state index is 13.1. The zero-order valence-corrected chi connectivity index (χ0v) is 21.0. The van der Waals surface area contributed by atoms with Crippen LogP contribution >= 0.6 is 0 Å². The molecule has 9 heteroatoms. The smallest absolute Gasteiger partial charge is 0.361 e. The molecule has 0 saturated heterocycles. The number of benzene rings is 1. The topological polar surface area (TPSA) is 51.8 Å². The molecule has 0 unspecified atom stereocenters. The quantitative estimate of drug-likeness (QED) is 0.331. The standard InChI is InChI=1S/C27H29F3N6/c1-16(2)23-21(7-6-12-31-23)24-25-17(3)35(13-14-36(25)18(4)32-24)20-10-8-19(9-11-20)26-33-22(15-34(26)5)27(28,29)30/h6-12,15-17H,13-14H2,1-5H3/t17-/m1/s1. The molecule has 1 aliphatic rings. The Morgan fingerprint density at radius 1 is 1.03 bits per heavy atom. The van der Waals surface area contributed by atoms with Crippen LogP contribution in [-0.4, -0.2) is 30.6 Å². The number of halogens is 3. The van der Waals surface area contributed by atoms with Crippen LogP contribution < -0.4 is 4.90 Å². The van der Waals surface area contributed by atoms with Crippen molar-refractivity contribution in [1.82, 2.24) is 24.1 Å². The zero-order chi connectivity index (χ0) is 25.8. The molecule has 4 heterocycles.